The second kappa shape index (κ2) is 4.82. The lowest BCUT2D eigenvalue weighted by Crippen LogP contribution is -2.23. The fourth-order valence-electron chi connectivity index (χ4n) is 2.72. The fourth-order valence-corrected chi connectivity index (χ4v) is 3.33. The Labute approximate surface area is 111 Å². The van der Waals surface area contributed by atoms with Gasteiger partial charge in [-0.2, -0.15) is 5.10 Å². The van der Waals surface area contributed by atoms with Crippen molar-refractivity contribution in [1.82, 2.24) is 20.1 Å². The lowest BCUT2D eigenvalue weighted by atomic mass is 10.1. The Bertz CT molecular complexity index is 531. The van der Waals surface area contributed by atoms with E-state index in [0.717, 1.165) is 18.1 Å². The summed E-state index contributed by atoms with van der Waals surface area (Å²) in [7, 11) is 0. The van der Waals surface area contributed by atoms with E-state index >= 15 is 0 Å². The van der Waals surface area contributed by atoms with Gasteiger partial charge in [-0.25, -0.2) is 4.98 Å². The SMILES string of the molecule is Cc1nc(CN2CCC[C@H]2c2[nH]ncc2C)cs1. The van der Waals surface area contributed by atoms with Gasteiger partial charge in [-0.15, -0.1) is 11.3 Å². The van der Waals surface area contributed by atoms with Crippen LogP contribution >= 0.6 is 11.3 Å². The van der Waals surface area contributed by atoms with Gasteiger partial charge in [-0.1, -0.05) is 0 Å². The monoisotopic (exact) mass is 262 g/mol. The Morgan fingerprint density at radius 1 is 1.50 bits per heavy atom. The summed E-state index contributed by atoms with van der Waals surface area (Å²) >= 11 is 1.73. The second-order valence-corrected chi connectivity index (χ2v) is 6.02. The first-order valence-electron chi connectivity index (χ1n) is 6.39. The van der Waals surface area contributed by atoms with E-state index in [2.05, 4.69) is 39.3 Å². The number of nitrogens with zero attached hydrogens (tertiary/aromatic N) is 3. The summed E-state index contributed by atoms with van der Waals surface area (Å²) in [5, 5.41) is 10.6. The van der Waals surface area contributed by atoms with Crippen LogP contribution < -0.4 is 0 Å². The Morgan fingerprint density at radius 2 is 2.39 bits per heavy atom. The number of rotatable bonds is 3. The van der Waals surface area contributed by atoms with Gasteiger partial charge in [0.25, 0.3) is 0 Å². The number of hydrogen-bond acceptors (Lipinski definition) is 4. The summed E-state index contributed by atoms with van der Waals surface area (Å²) in [6.07, 6.45) is 4.39. The highest BCUT2D eigenvalue weighted by molar-refractivity contribution is 7.09. The maximum Gasteiger partial charge on any atom is 0.0897 e. The van der Waals surface area contributed by atoms with Crippen LogP contribution in [0.2, 0.25) is 0 Å². The van der Waals surface area contributed by atoms with Gasteiger partial charge in [0.1, 0.15) is 0 Å². The Balaban J connectivity index is 1.77. The minimum atomic E-state index is 0.481. The Hall–Kier alpha value is -1.20. The van der Waals surface area contributed by atoms with E-state index in [1.54, 1.807) is 11.3 Å². The molecule has 1 aliphatic rings. The highest BCUT2D eigenvalue weighted by Gasteiger charge is 2.28. The van der Waals surface area contributed by atoms with Crippen LogP contribution in [-0.4, -0.2) is 26.6 Å². The van der Waals surface area contributed by atoms with Crippen LogP contribution in [0.1, 0.15) is 40.8 Å². The molecule has 0 saturated carbocycles. The largest absolute Gasteiger partial charge is 0.289 e. The molecule has 1 aliphatic heterocycles. The van der Waals surface area contributed by atoms with Crippen molar-refractivity contribution in [3.8, 4) is 0 Å². The number of thiazole rings is 1. The molecule has 3 rings (SSSR count). The van der Waals surface area contributed by atoms with Gasteiger partial charge in [0.2, 0.25) is 0 Å². The zero-order valence-electron chi connectivity index (χ0n) is 10.8. The summed E-state index contributed by atoms with van der Waals surface area (Å²) in [5.74, 6) is 0. The quantitative estimate of drug-likeness (QED) is 0.925. The average Bonchev–Trinajstić information content (AvgIpc) is 3.02. The molecule has 0 aliphatic carbocycles. The fraction of sp³-hybridized carbons (Fsp3) is 0.538. The van der Waals surface area contributed by atoms with Crippen LogP contribution in [0.25, 0.3) is 0 Å². The van der Waals surface area contributed by atoms with Crippen molar-refractivity contribution in [1.29, 1.82) is 0 Å². The maximum atomic E-state index is 4.56. The third-order valence-corrected chi connectivity index (χ3v) is 4.42. The summed E-state index contributed by atoms with van der Waals surface area (Å²) < 4.78 is 0. The zero-order valence-corrected chi connectivity index (χ0v) is 11.6. The molecule has 96 valence electrons. The minimum Gasteiger partial charge on any atom is -0.289 e. The van der Waals surface area contributed by atoms with Crippen molar-refractivity contribution in [3.05, 3.63) is 33.5 Å². The highest BCUT2D eigenvalue weighted by Crippen LogP contribution is 2.33. The molecular weight excluding hydrogens is 244 g/mol. The molecule has 1 atom stereocenters. The van der Waals surface area contributed by atoms with E-state index in [4.69, 9.17) is 0 Å². The number of aromatic amines is 1. The molecule has 2 aromatic heterocycles. The van der Waals surface area contributed by atoms with E-state index in [1.165, 1.54) is 29.8 Å². The molecule has 0 bridgehead atoms. The van der Waals surface area contributed by atoms with Gasteiger partial charge >= 0.3 is 0 Å². The highest BCUT2D eigenvalue weighted by atomic mass is 32.1. The van der Waals surface area contributed by atoms with Gasteiger partial charge in [0.05, 0.1) is 28.6 Å². The van der Waals surface area contributed by atoms with Crippen LogP contribution in [0.3, 0.4) is 0 Å². The predicted molar refractivity (Wildman–Crippen MR) is 72.6 cm³/mol. The van der Waals surface area contributed by atoms with Crippen LogP contribution in [-0.2, 0) is 6.54 Å². The van der Waals surface area contributed by atoms with E-state index in [0.29, 0.717) is 6.04 Å². The molecule has 0 spiro atoms. The van der Waals surface area contributed by atoms with Crippen molar-refractivity contribution >= 4 is 11.3 Å². The van der Waals surface area contributed by atoms with Crippen molar-refractivity contribution < 1.29 is 0 Å². The lowest BCUT2D eigenvalue weighted by Gasteiger charge is -2.23. The summed E-state index contributed by atoms with van der Waals surface area (Å²) in [4.78, 5) is 7.07. The molecule has 1 saturated heterocycles. The molecular formula is C13H18N4S. The standard InChI is InChI=1S/C13H18N4S/c1-9-6-14-16-13(9)12-4-3-5-17(12)7-11-8-18-10(2)15-11/h6,8,12H,3-5,7H2,1-2H3,(H,14,16)/t12-/m0/s1. The minimum absolute atomic E-state index is 0.481. The Morgan fingerprint density at radius 3 is 3.06 bits per heavy atom. The molecule has 5 heteroatoms. The third-order valence-electron chi connectivity index (χ3n) is 3.60. The molecule has 0 aromatic carbocycles. The van der Waals surface area contributed by atoms with Gasteiger partial charge in [-0.3, -0.25) is 10.00 Å². The van der Waals surface area contributed by atoms with Gasteiger partial charge < -0.3 is 0 Å². The average molecular weight is 262 g/mol. The number of nitrogens with one attached hydrogen (secondary N) is 1. The van der Waals surface area contributed by atoms with Crippen LogP contribution in [0.15, 0.2) is 11.6 Å². The van der Waals surface area contributed by atoms with Crippen molar-refractivity contribution in [2.45, 2.75) is 39.3 Å². The van der Waals surface area contributed by atoms with Crippen molar-refractivity contribution in [3.63, 3.8) is 0 Å². The molecule has 4 nitrogen and oxygen atoms in total. The summed E-state index contributed by atoms with van der Waals surface area (Å²) in [6, 6.07) is 0.481. The maximum absolute atomic E-state index is 4.56. The molecule has 18 heavy (non-hydrogen) atoms. The van der Waals surface area contributed by atoms with E-state index in [1.807, 2.05) is 6.20 Å². The van der Waals surface area contributed by atoms with Crippen LogP contribution in [0.4, 0.5) is 0 Å². The van der Waals surface area contributed by atoms with Gasteiger partial charge in [0, 0.05) is 11.9 Å². The number of aryl methyl sites for hydroxylation is 2. The molecule has 0 unspecified atom stereocenters. The molecule has 2 aromatic rings. The normalized spacial score (nSPS) is 20.7. The number of hydrogen-bond donors (Lipinski definition) is 1. The first-order chi connectivity index (χ1) is 8.74. The van der Waals surface area contributed by atoms with E-state index < -0.39 is 0 Å². The van der Waals surface area contributed by atoms with Crippen molar-refractivity contribution in [2.24, 2.45) is 0 Å². The zero-order chi connectivity index (χ0) is 12.5. The molecule has 0 amide bonds. The Kier molecular flexibility index (Phi) is 3.18. The smallest absolute Gasteiger partial charge is 0.0897 e. The van der Waals surface area contributed by atoms with Crippen LogP contribution in [0.5, 0.6) is 0 Å². The first-order valence-corrected chi connectivity index (χ1v) is 7.27. The van der Waals surface area contributed by atoms with Gasteiger partial charge in [0.15, 0.2) is 0 Å². The predicted octanol–water partition coefficient (Wildman–Crippen LogP) is 2.82. The number of likely N-dealkylation sites (tertiary alicyclic amines) is 1. The number of H-pyrrole nitrogens is 1. The first kappa shape index (κ1) is 11.9. The second-order valence-electron chi connectivity index (χ2n) is 4.95. The molecule has 1 fully saturated rings. The van der Waals surface area contributed by atoms with Crippen molar-refractivity contribution in [2.75, 3.05) is 6.54 Å². The van der Waals surface area contributed by atoms with E-state index in [-0.39, 0.29) is 0 Å². The molecule has 3 heterocycles. The molecule has 1 N–H and O–H groups in total. The van der Waals surface area contributed by atoms with E-state index in [9.17, 15) is 0 Å². The summed E-state index contributed by atoms with van der Waals surface area (Å²) in [6.45, 7) is 6.30. The van der Waals surface area contributed by atoms with Gasteiger partial charge in [-0.05, 0) is 38.8 Å². The number of aromatic nitrogens is 3. The topological polar surface area (TPSA) is 44.8 Å². The summed E-state index contributed by atoms with van der Waals surface area (Å²) in [5.41, 5.74) is 3.74. The lowest BCUT2D eigenvalue weighted by molar-refractivity contribution is 0.241. The van der Waals surface area contributed by atoms with Crippen LogP contribution in [0, 0.1) is 13.8 Å². The third kappa shape index (κ3) is 2.20. The molecule has 0 radical (unpaired) electrons.